The van der Waals surface area contributed by atoms with Crippen LogP contribution in [0.1, 0.15) is 96.8 Å². The maximum absolute atomic E-state index is 11.8. The molecule has 0 aliphatic rings. The van der Waals surface area contributed by atoms with Crippen molar-refractivity contribution in [3.63, 3.8) is 0 Å². The van der Waals surface area contributed by atoms with Gasteiger partial charge in [0, 0.05) is 6.42 Å². The number of carboxylic acid groups (broad SMARTS) is 1. The second kappa shape index (κ2) is 21.2. The molecule has 0 rings (SSSR count). The van der Waals surface area contributed by atoms with Gasteiger partial charge in [-0.15, -0.1) is 0 Å². The Kier molecular flexibility index (Phi) is 20.6. The van der Waals surface area contributed by atoms with Crippen LogP contribution in [0.2, 0.25) is 0 Å². The van der Waals surface area contributed by atoms with Crippen molar-refractivity contribution in [2.75, 3.05) is 19.8 Å². The molecule has 0 fully saturated rings. The fraction of sp³-hybridized carbons (Fsp3) is 0.909. The SMILES string of the molecule is CCCCCCCCCCCCCCCC(=O)OC[C@H](COP(=O)(O)OC[C@H](N)C(=O)O)OO. The normalized spacial score (nSPS) is 14.9. The van der Waals surface area contributed by atoms with Gasteiger partial charge in [0.15, 0.2) is 6.10 Å². The summed E-state index contributed by atoms with van der Waals surface area (Å²) in [4.78, 5) is 35.9. The predicted molar refractivity (Wildman–Crippen MR) is 126 cm³/mol. The number of carbonyl (C=O) groups excluding carboxylic acids is 1. The molecule has 0 spiro atoms. The maximum Gasteiger partial charge on any atom is 0.472 e. The molecule has 0 bridgehead atoms. The number of rotatable bonds is 24. The number of nitrogens with two attached hydrogens (primary N) is 1. The molecule has 0 aromatic rings. The van der Waals surface area contributed by atoms with Crippen LogP contribution in [-0.2, 0) is 32.8 Å². The predicted octanol–water partition coefficient (Wildman–Crippen LogP) is 4.41. The molecule has 0 aliphatic carbocycles. The smallest absolute Gasteiger partial charge is 0.472 e. The zero-order valence-corrected chi connectivity index (χ0v) is 21.3. The molecule has 12 heteroatoms. The van der Waals surface area contributed by atoms with E-state index in [9.17, 15) is 19.0 Å². The third-order valence-corrected chi connectivity index (χ3v) is 6.17. The van der Waals surface area contributed by atoms with Gasteiger partial charge in [-0.1, -0.05) is 84.0 Å². The summed E-state index contributed by atoms with van der Waals surface area (Å²) in [5.41, 5.74) is 5.16. The van der Waals surface area contributed by atoms with E-state index in [0.29, 0.717) is 6.42 Å². The van der Waals surface area contributed by atoms with Crippen molar-refractivity contribution in [3.8, 4) is 0 Å². The van der Waals surface area contributed by atoms with Crippen molar-refractivity contribution >= 4 is 19.8 Å². The zero-order valence-electron chi connectivity index (χ0n) is 20.4. The van der Waals surface area contributed by atoms with Gasteiger partial charge in [-0.2, -0.15) is 0 Å². The van der Waals surface area contributed by atoms with Crippen molar-refractivity contribution in [3.05, 3.63) is 0 Å². The van der Waals surface area contributed by atoms with Crippen molar-refractivity contribution in [2.45, 2.75) is 109 Å². The third kappa shape index (κ3) is 20.3. The van der Waals surface area contributed by atoms with Gasteiger partial charge in [-0.3, -0.25) is 23.9 Å². The summed E-state index contributed by atoms with van der Waals surface area (Å²) in [6.45, 7) is 0.466. The molecular weight excluding hydrogens is 469 g/mol. The Bertz CT molecular complexity index is 578. The molecule has 0 aliphatic heterocycles. The largest absolute Gasteiger partial charge is 0.480 e. The lowest BCUT2D eigenvalue weighted by Crippen LogP contribution is -2.34. The van der Waals surface area contributed by atoms with E-state index in [1.165, 1.54) is 57.8 Å². The van der Waals surface area contributed by atoms with Gasteiger partial charge < -0.3 is 20.5 Å². The first-order chi connectivity index (χ1) is 16.2. The summed E-state index contributed by atoms with van der Waals surface area (Å²) in [6.07, 6.45) is 14.6. The van der Waals surface area contributed by atoms with E-state index in [2.05, 4.69) is 20.9 Å². The molecule has 34 heavy (non-hydrogen) atoms. The van der Waals surface area contributed by atoms with E-state index in [0.717, 1.165) is 19.3 Å². The number of hydrogen-bond donors (Lipinski definition) is 4. The summed E-state index contributed by atoms with van der Waals surface area (Å²) in [6, 6.07) is -1.50. The Hall–Kier alpha value is -1.07. The molecule has 3 atom stereocenters. The number of aliphatic carboxylic acids is 1. The standard InChI is InChI=1S/C22H44NO10P/c1-2-3-4-5-6-7-8-9-10-11-12-13-14-15-21(24)30-16-19(33-27)17-31-34(28,29)32-18-20(23)22(25)26/h19-20,27H,2-18,23H2,1H3,(H,25,26)(H,28,29)/t19-,20+/m1/s1. The Morgan fingerprint density at radius 1 is 0.824 bits per heavy atom. The molecule has 0 saturated carbocycles. The summed E-state index contributed by atoms with van der Waals surface area (Å²) in [5.74, 6) is -1.88. The number of esters is 1. The van der Waals surface area contributed by atoms with Gasteiger partial charge in [0.05, 0.1) is 13.2 Å². The summed E-state index contributed by atoms with van der Waals surface area (Å²) in [7, 11) is -4.62. The Morgan fingerprint density at radius 3 is 1.76 bits per heavy atom. The van der Waals surface area contributed by atoms with E-state index < -0.39 is 45.1 Å². The minimum Gasteiger partial charge on any atom is -0.480 e. The summed E-state index contributed by atoms with van der Waals surface area (Å²) < 4.78 is 25.7. The van der Waals surface area contributed by atoms with E-state index in [-0.39, 0.29) is 13.0 Å². The van der Waals surface area contributed by atoms with Crippen molar-refractivity contribution in [2.24, 2.45) is 5.73 Å². The molecule has 5 N–H and O–H groups in total. The highest BCUT2D eigenvalue weighted by molar-refractivity contribution is 7.47. The van der Waals surface area contributed by atoms with E-state index in [1.807, 2.05) is 0 Å². The van der Waals surface area contributed by atoms with E-state index >= 15 is 0 Å². The Morgan fingerprint density at radius 2 is 1.29 bits per heavy atom. The average Bonchev–Trinajstić information content (AvgIpc) is 2.80. The topological polar surface area (TPSA) is 175 Å². The highest BCUT2D eigenvalue weighted by atomic mass is 31.2. The molecule has 0 aromatic carbocycles. The van der Waals surface area contributed by atoms with Crippen LogP contribution in [0.3, 0.4) is 0 Å². The number of unbranched alkanes of at least 4 members (excludes halogenated alkanes) is 12. The fourth-order valence-electron chi connectivity index (χ4n) is 3.11. The lowest BCUT2D eigenvalue weighted by Gasteiger charge is -2.17. The number of carbonyl (C=O) groups is 2. The van der Waals surface area contributed by atoms with Gasteiger partial charge in [0.1, 0.15) is 12.6 Å². The quantitative estimate of drug-likeness (QED) is 0.0473. The van der Waals surface area contributed by atoms with Crippen molar-refractivity contribution in [1.29, 1.82) is 0 Å². The van der Waals surface area contributed by atoms with Crippen LogP contribution in [-0.4, -0.2) is 59.2 Å². The molecule has 11 nitrogen and oxygen atoms in total. The average molecular weight is 514 g/mol. The lowest BCUT2D eigenvalue weighted by atomic mass is 10.0. The van der Waals surface area contributed by atoms with Crippen molar-refractivity contribution in [1.82, 2.24) is 0 Å². The first kappa shape index (κ1) is 32.9. The van der Waals surface area contributed by atoms with Crippen LogP contribution in [0.4, 0.5) is 0 Å². The minimum atomic E-state index is -4.62. The number of phosphoric ester groups is 1. The van der Waals surface area contributed by atoms with Gasteiger partial charge in [0.2, 0.25) is 0 Å². The molecular formula is C22H44NO10P. The molecule has 0 radical (unpaired) electrons. The molecule has 202 valence electrons. The first-order valence-electron chi connectivity index (χ1n) is 12.3. The van der Waals surface area contributed by atoms with Gasteiger partial charge in [-0.25, -0.2) is 9.45 Å². The molecule has 1 unspecified atom stereocenters. The van der Waals surface area contributed by atoms with Crippen LogP contribution in [0.25, 0.3) is 0 Å². The van der Waals surface area contributed by atoms with Crippen LogP contribution in [0.5, 0.6) is 0 Å². The van der Waals surface area contributed by atoms with Gasteiger partial charge >= 0.3 is 19.8 Å². The molecule has 0 heterocycles. The van der Waals surface area contributed by atoms with Gasteiger partial charge in [0.25, 0.3) is 0 Å². The number of phosphoric acid groups is 1. The second-order valence-electron chi connectivity index (χ2n) is 8.41. The van der Waals surface area contributed by atoms with E-state index in [4.69, 9.17) is 20.8 Å². The number of carboxylic acids is 1. The fourth-order valence-corrected chi connectivity index (χ4v) is 3.89. The second-order valence-corrected chi connectivity index (χ2v) is 9.86. The summed E-state index contributed by atoms with van der Waals surface area (Å²) in [5, 5.41) is 17.5. The van der Waals surface area contributed by atoms with E-state index in [1.54, 1.807) is 0 Å². The zero-order chi connectivity index (χ0) is 25.7. The third-order valence-electron chi connectivity index (χ3n) is 5.22. The number of ether oxygens (including phenoxy) is 1. The van der Waals surface area contributed by atoms with Crippen LogP contribution in [0, 0.1) is 0 Å². The molecule has 0 aromatic heterocycles. The van der Waals surface area contributed by atoms with Crippen LogP contribution in [0.15, 0.2) is 0 Å². The van der Waals surface area contributed by atoms with Crippen LogP contribution < -0.4 is 5.73 Å². The van der Waals surface area contributed by atoms with Gasteiger partial charge in [-0.05, 0) is 6.42 Å². The molecule has 0 amide bonds. The first-order valence-corrected chi connectivity index (χ1v) is 13.8. The monoisotopic (exact) mass is 513 g/mol. The Labute approximate surface area is 202 Å². The van der Waals surface area contributed by atoms with Crippen LogP contribution >= 0.6 is 7.82 Å². The van der Waals surface area contributed by atoms with Crippen molar-refractivity contribution < 1.29 is 48.1 Å². The maximum atomic E-state index is 11.8. The Balaban J connectivity index is 3.73. The highest BCUT2D eigenvalue weighted by Gasteiger charge is 2.27. The number of hydrogen-bond acceptors (Lipinski definition) is 9. The minimum absolute atomic E-state index is 0.228. The molecule has 0 saturated heterocycles. The lowest BCUT2D eigenvalue weighted by molar-refractivity contribution is -0.290. The summed E-state index contributed by atoms with van der Waals surface area (Å²) >= 11 is 0. The highest BCUT2D eigenvalue weighted by Crippen LogP contribution is 2.43.